The first-order chi connectivity index (χ1) is 18.1. The number of rotatable bonds is 7. The number of nitrogens with zero attached hydrogens (tertiary/aromatic N) is 3. The smallest absolute Gasteiger partial charge is 0.375 e. The van der Waals surface area contributed by atoms with Crippen LogP contribution in [-0.4, -0.2) is 40.3 Å². The highest BCUT2D eigenvalue weighted by molar-refractivity contribution is 6.06. The molecule has 0 unspecified atom stereocenters. The molecule has 0 saturated carbocycles. The molecule has 0 bridgehead atoms. The number of benzene rings is 2. The molecular weight excluding hydrogens is 497 g/mol. The normalized spacial score (nSPS) is 13.1. The van der Waals surface area contributed by atoms with E-state index in [2.05, 4.69) is 25.9 Å². The predicted octanol–water partition coefficient (Wildman–Crippen LogP) is 4.99. The van der Waals surface area contributed by atoms with Crippen molar-refractivity contribution >= 4 is 29.1 Å². The van der Waals surface area contributed by atoms with Crippen molar-refractivity contribution < 1.29 is 22.8 Å². The summed E-state index contributed by atoms with van der Waals surface area (Å²) in [4.78, 5) is 35.8. The molecule has 2 amide bonds. The zero-order chi connectivity index (χ0) is 27.3. The van der Waals surface area contributed by atoms with Crippen LogP contribution in [0.4, 0.5) is 30.5 Å². The van der Waals surface area contributed by atoms with Gasteiger partial charge in [-0.05, 0) is 42.3 Å². The quantitative estimate of drug-likeness (QED) is 0.404. The molecule has 0 radical (unpaired) electrons. The van der Waals surface area contributed by atoms with Gasteiger partial charge in [0, 0.05) is 31.0 Å². The summed E-state index contributed by atoms with van der Waals surface area (Å²) in [7, 11) is 1.95. The van der Waals surface area contributed by atoms with Crippen LogP contribution in [-0.2, 0) is 17.4 Å². The van der Waals surface area contributed by atoms with Crippen LogP contribution in [0.1, 0.15) is 27.0 Å². The molecule has 1 aromatic heterocycles. The summed E-state index contributed by atoms with van der Waals surface area (Å²) in [6.45, 7) is 2.56. The molecule has 11 heteroatoms. The molecule has 0 spiro atoms. The Labute approximate surface area is 217 Å². The summed E-state index contributed by atoms with van der Waals surface area (Å²) in [5.41, 5.74) is 1.93. The summed E-state index contributed by atoms with van der Waals surface area (Å²) in [5, 5.41) is 8.45. The maximum Gasteiger partial charge on any atom is 0.416 e. The average Bonchev–Trinajstić information content (AvgIpc) is 2.86. The number of nitrogens with one attached hydrogen (secondary N) is 3. The molecule has 2 aromatic carbocycles. The molecule has 196 valence electrons. The minimum absolute atomic E-state index is 0.225. The van der Waals surface area contributed by atoms with Crippen LogP contribution >= 0.6 is 0 Å². The number of likely N-dealkylation sites (N-methyl/N-ethyl adjacent to an activating group) is 1. The number of aromatic nitrogens is 2. The highest BCUT2D eigenvalue weighted by atomic mass is 19.4. The Morgan fingerprint density at radius 2 is 1.79 bits per heavy atom. The van der Waals surface area contributed by atoms with E-state index in [1.54, 1.807) is 19.1 Å². The molecule has 2 heterocycles. The minimum atomic E-state index is -4.49. The first-order valence-corrected chi connectivity index (χ1v) is 11.6. The number of hydrogen-bond acceptors (Lipinski definition) is 6. The number of amides is 2. The molecule has 3 aromatic rings. The van der Waals surface area contributed by atoms with Gasteiger partial charge in [0.2, 0.25) is 11.9 Å². The fourth-order valence-electron chi connectivity index (χ4n) is 3.73. The number of hydrogen-bond donors (Lipinski definition) is 3. The zero-order valence-electron chi connectivity index (χ0n) is 20.6. The van der Waals surface area contributed by atoms with E-state index in [0.717, 1.165) is 24.4 Å². The number of halogens is 3. The first kappa shape index (κ1) is 26.4. The third-order valence-corrected chi connectivity index (χ3v) is 5.60. The number of anilines is 3. The molecular formula is C27H25F3N6O2. The van der Waals surface area contributed by atoms with Crippen LogP contribution in [0.2, 0.25) is 0 Å². The van der Waals surface area contributed by atoms with E-state index in [-0.39, 0.29) is 12.0 Å². The van der Waals surface area contributed by atoms with Gasteiger partial charge in [0.1, 0.15) is 0 Å². The van der Waals surface area contributed by atoms with E-state index in [1.807, 2.05) is 30.3 Å². The molecule has 0 aliphatic carbocycles. The van der Waals surface area contributed by atoms with Gasteiger partial charge in [-0.2, -0.15) is 13.2 Å². The second-order valence-electron chi connectivity index (χ2n) is 8.75. The Kier molecular flexibility index (Phi) is 7.75. The maximum absolute atomic E-state index is 12.9. The second-order valence-corrected chi connectivity index (χ2v) is 8.75. The van der Waals surface area contributed by atoms with Gasteiger partial charge in [-0.1, -0.05) is 30.3 Å². The third kappa shape index (κ3) is 6.96. The van der Waals surface area contributed by atoms with Gasteiger partial charge in [-0.25, -0.2) is 9.97 Å². The van der Waals surface area contributed by atoms with Crippen molar-refractivity contribution in [3.8, 4) is 0 Å². The molecule has 4 rings (SSSR count). The number of carbonyl (C=O) groups is 2. The zero-order valence-corrected chi connectivity index (χ0v) is 20.6. The topological polar surface area (TPSA) is 99.2 Å². The number of aryl methyl sites for hydroxylation is 1. The lowest BCUT2D eigenvalue weighted by atomic mass is 10.1. The Bertz CT molecular complexity index is 1400. The molecule has 8 nitrogen and oxygen atoms in total. The van der Waals surface area contributed by atoms with Crippen LogP contribution < -0.4 is 16.0 Å². The third-order valence-electron chi connectivity index (χ3n) is 5.60. The van der Waals surface area contributed by atoms with Crippen molar-refractivity contribution in [2.45, 2.75) is 19.5 Å². The molecule has 0 fully saturated rings. The van der Waals surface area contributed by atoms with E-state index in [4.69, 9.17) is 0 Å². The van der Waals surface area contributed by atoms with Gasteiger partial charge in [0.15, 0.2) is 0 Å². The Balaban J connectivity index is 1.38. The number of allylic oxidation sites excluding steroid dienone is 1. The summed E-state index contributed by atoms with van der Waals surface area (Å²) >= 11 is 0. The lowest BCUT2D eigenvalue weighted by molar-refractivity contribution is -0.137. The van der Waals surface area contributed by atoms with E-state index in [1.165, 1.54) is 30.6 Å². The number of carbonyl (C=O) groups excluding carboxylic acids is 2. The summed E-state index contributed by atoms with van der Waals surface area (Å²) in [5.74, 6) is -0.568. The van der Waals surface area contributed by atoms with Gasteiger partial charge < -0.3 is 20.9 Å². The predicted molar refractivity (Wildman–Crippen MR) is 138 cm³/mol. The maximum atomic E-state index is 12.9. The van der Waals surface area contributed by atoms with Crippen LogP contribution in [0.5, 0.6) is 0 Å². The van der Waals surface area contributed by atoms with Crippen molar-refractivity contribution in [2.24, 2.45) is 0 Å². The monoisotopic (exact) mass is 522 g/mol. The Morgan fingerprint density at radius 3 is 2.50 bits per heavy atom. The Morgan fingerprint density at radius 1 is 1.03 bits per heavy atom. The van der Waals surface area contributed by atoms with Gasteiger partial charge >= 0.3 is 6.18 Å². The lowest BCUT2D eigenvalue weighted by Gasteiger charge is -2.18. The molecule has 3 N–H and O–H groups in total. The van der Waals surface area contributed by atoms with Crippen molar-refractivity contribution in [3.63, 3.8) is 0 Å². The van der Waals surface area contributed by atoms with Crippen molar-refractivity contribution in [1.82, 2.24) is 14.9 Å². The molecule has 1 aliphatic heterocycles. The second kappa shape index (κ2) is 11.2. The summed E-state index contributed by atoms with van der Waals surface area (Å²) in [6.07, 6.45) is 4.05. The van der Waals surface area contributed by atoms with Crippen molar-refractivity contribution in [2.75, 3.05) is 29.5 Å². The van der Waals surface area contributed by atoms with Gasteiger partial charge in [-0.15, -0.1) is 0 Å². The summed E-state index contributed by atoms with van der Waals surface area (Å²) < 4.78 is 38.8. The van der Waals surface area contributed by atoms with Gasteiger partial charge in [-0.3, -0.25) is 9.59 Å². The van der Waals surface area contributed by atoms with Gasteiger partial charge in [0.05, 0.1) is 35.8 Å². The number of alkyl halides is 3. The first-order valence-electron chi connectivity index (χ1n) is 11.6. The largest absolute Gasteiger partial charge is 0.416 e. The SMILES string of the molecule is Cc1ccc(NC(=O)Cc2cccc(C(F)(F)F)c2)cc1C(=O)Nc1cnc(NC2=CN(C)CC=C2)nc1. The van der Waals surface area contributed by atoms with Crippen molar-refractivity contribution in [3.05, 3.63) is 101 Å². The van der Waals surface area contributed by atoms with Crippen molar-refractivity contribution in [1.29, 1.82) is 0 Å². The minimum Gasteiger partial charge on any atom is -0.375 e. The van der Waals surface area contributed by atoms with E-state index in [9.17, 15) is 22.8 Å². The average molecular weight is 523 g/mol. The highest BCUT2D eigenvalue weighted by Crippen LogP contribution is 2.29. The van der Waals surface area contributed by atoms with Crippen LogP contribution in [0.3, 0.4) is 0 Å². The molecule has 0 saturated heterocycles. The molecule has 1 aliphatic rings. The summed E-state index contributed by atoms with van der Waals surface area (Å²) in [6, 6.07) is 9.39. The lowest BCUT2D eigenvalue weighted by Crippen LogP contribution is -2.18. The Hall–Kier alpha value is -4.67. The highest BCUT2D eigenvalue weighted by Gasteiger charge is 2.30. The fourth-order valence-corrected chi connectivity index (χ4v) is 3.73. The van der Waals surface area contributed by atoms with E-state index >= 15 is 0 Å². The van der Waals surface area contributed by atoms with Crippen LogP contribution in [0.15, 0.2) is 78.9 Å². The molecule has 38 heavy (non-hydrogen) atoms. The standard InChI is InChI=1S/C27H25F3N6O2/c1-17-8-9-20(33-24(37)12-18-5-3-6-19(11-18)27(28,29)30)13-23(17)25(38)34-22-14-31-26(32-15-22)35-21-7-4-10-36(2)16-21/h3-9,11,13-16H,10,12H2,1-2H3,(H,33,37)(H,34,38)(H,31,32,35). The van der Waals surface area contributed by atoms with Crippen LogP contribution in [0.25, 0.3) is 0 Å². The fraction of sp³-hybridized carbons (Fsp3) is 0.185. The van der Waals surface area contributed by atoms with E-state index < -0.39 is 23.6 Å². The van der Waals surface area contributed by atoms with Crippen LogP contribution in [0, 0.1) is 6.92 Å². The molecule has 0 atom stereocenters. The van der Waals surface area contributed by atoms with E-state index in [0.29, 0.717) is 28.5 Å². The van der Waals surface area contributed by atoms with Gasteiger partial charge in [0.25, 0.3) is 5.91 Å².